The van der Waals surface area contributed by atoms with Gasteiger partial charge in [0.1, 0.15) is 5.82 Å². The van der Waals surface area contributed by atoms with Crippen molar-refractivity contribution in [3.8, 4) is 0 Å². The Hall–Kier alpha value is -1.46. The van der Waals surface area contributed by atoms with Gasteiger partial charge in [-0.3, -0.25) is 9.69 Å². The Balaban J connectivity index is 1.67. The van der Waals surface area contributed by atoms with Gasteiger partial charge in [0.15, 0.2) is 0 Å². The van der Waals surface area contributed by atoms with Crippen LogP contribution in [0.1, 0.15) is 18.4 Å². The first-order valence-corrected chi connectivity index (χ1v) is 7.06. The van der Waals surface area contributed by atoms with E-state index < -0.39 is 0 Å². The van der Waals surface area contributed by atoms with Crippen LogP contribution in [0.15, 0.2) is 24.3 Å². The van der Waals surface area contributed by atoms with Crippen LogP contribution in [0.4, 0.5) is 4.39 Å². The fourth-order valence-electron chi connectivity index (χ4n) is 2.46. The largest absolute Gasteiger partial charge is 0.351 e. The number of likely N-dealkylation sites (N-methyl/N-ethyl adjacent to an activating group) is 1. The SMILES string of the molecule is CN(CC(=O)NCc1ccc(F)cc1)CC1CCCN1. The van der Waals surface area contributed by atoms with Crippen molar-refractivity contribution < 1.29 is 9.18 Å². The summed E-state index contributed by atoms with van der Waals surface area (Å²) in [6.07, 6.45) is 2.40. The molecule has 1 aromatic rings. The summed E-state index contributed by atoms with van der Waals surface area (Å²) in [7, 11) is 1.96. The van der Waals surface area contributed by atoms with Crippen molar-refractivity contribution in [3.05, 3.63) is 35.6 Å². The van der Waals surface area contributed by atoms with Gasteiger partial charge >= 0.3 is 0 Å². The predicted molar refractivity (Wildman–Crippen MR) is 76.8 cm³/mol. The second kappa shape index (κ2) is 7.36. The molecule has 0 aliphatic carbocycles. The van der Waals surface area contributed by atoms with Crippen LogP contribution in [0.25, 0.3) is 0 Å². The van der Waals surface area contributed by atoms with Crippen molar-refractivity contribution in [3.63, 3.8) is 0 Å². The van der Waals surface area contributed by atoms with Crippen LogP contribution >= 0.6 is 0 Å². The minimum Gasteiger partial charge on any atom is -0.351 e. The van der Waals surface area contributed by atoms with E-state index in [1.54, 1.807) is 12.1 Å². The van der Waals surface area contributed by atoms with Crippen molar-refractivity contribution >= 4 is 5.91 Å². The Morgan fingerprint density at radius 3 is 2.85 bits per heavy atom. The molecule has 0 saturated carbocycles. The summed E-state index contributed by atoms with van der Waals surface area (Å²) in [6.45, 7) is 2.80. The fourth-order valence-corrected chi connectivity index (χ4v) is 2.46. The van der Waals surface area contributed by atoms with Gasteiger partial charge in [0.25, 0.3) is 0 Å². The maximum atomic E-state index is 12.8. The zero-order valence-electron chi connectivity index (χ0n) is 11.9. The minimum atomic E-state index is -0.260. The molecule has 1 saturated heterocycles. The summed E-state index contributed by atoms with van der Waals surface area (Å²) < 4.78 is 12.8. The van der Waals surface area contributed by atoms with Gasteiger partial charge in [0.2, 0.25) is 5.91 Å². The van der Waals surface area contributed by atoms with E-state index in [0.717, 1.165) is 18.7 Å². The number of halogens is 1. The fraction of sp³-hybridized carbons (Fsp3) is 0.533. The molecular weight excluding hydrogens is 257 g/mol. The van der Waals surface area contributed by atoms with Gasteiger partial charge in [-0.15, -0.1) is 0 Å². The van der Waals surface area contributed by atoms with Gasteiger partial charge in [-0.1, -0.05) is 12.1 Å². The van der Waals surface area contributed by atoms with Crippen LogP contribution in [-0.2, 0) is 11.3 Å². The normalized spacial score (nSPS) is 18.4. The Kier molecular flexibility index (Phi) is 5.49. The molecule has 2 rings (SSSR count). The molecule has 1 aromatic carbocycles. The second-order valence-corrected chi connectivity index (χ2v) is 5.39. The molecule has 0 aromatic heterocycles. The first-order valence-electron chi connectivity index (χ1n) is 7.06. The zero-order valence-corrected chi connectivity index (χ0v) is 11.9. The molecule has 1 heterocycles. The zero-order chi connectivity index (χ0) is 14.4. The number of carbonyl (C=O) groups is 1. The third kappa shape index (κ3) is 4.90. The van der Waals surface area contributed by atoms with Crippen LogP contribution < -0.4 is 10.6 Å². The standard InChI is InChI=1S/C15H22FN3O/c1-19(10-14-3-2-8-17-14)11-15(20)18-9-12-4-6-13(16)7-5-12/h4-7,14,17H,2-3,8-11H2,1H3,(H,18,20). The van der Waals surface area contributed by atoms with E-state index in [1.165, 1.54) is 25.0 Å². The van der Waals surface area contributed by atoms with Crippen LogP contribution in [-0.4, -0.2) is 43.5 Å². The summed E-state index contributed by atoms with van der Waals surface area (Å²) in [4.78, 5) is 13.9. The van der Waals surface area contributed by atoms with E-state index in [1.807, 2.05) is 11.9 Å². The summed E-state index contributed by atoms with van der Waals surface area (Å²) in [6, 6.07) is 6.67. The first-order chi connectivity index (χ1) is 9.63. The van der Waals surface area contributed by atoms with Gasteiger partial charge in [0.05, 0.1) is 6.54 Å². The lowest BCUT2D eigenvalue weighted by atomic mass is 10.2. The third-order valence-electron chi connectivity index (χ3n) is 3.51. The van der Waals surface area contributed by atoms with Crippen molar-refractivity contribution in [2.24, 2.45) is 0 Å². The highest BCUT2D eigenvalue weighted by Gasteiger charge is 2.17. The van der Waals surface area contributed by atoms with Crippen LogP contribution in [0.2, 0.25) is 0 Å². The van der Waals surface area contributed by atoms with Gasteiger partial charge in [0, 0.05) is 19.1 Å². The van der Waals surface area contributed by atoms with Gasteiger partial charge < -0.3 is 10.6 Å². The van der Waals surface area contributed by atoms with E-state index in [9.17, 15) is 9.18 Å². The number of hydrogen-bond donors (Lipinski definition) is 2. The van der Waals surface area contributed by atoms with E-state index in [0.29, 0.717) is 19.1 Å². The van der Waals surface area contributed by atoms with E-state index >= 15 is 0 Å². The second-order valence-electron chi connectivity index (χ2n) is 5.39. The Morgan fingerprint density at radius 1 is 1.45 bits per heavy atom. The molecule has 4 nitrogen and oxygen atoms in total. The Bertz CT molecular complexity index is 429. The molecule has 1 unspecified atom stereocenters. The predicted octanol–water partition coefficient (Wildman–Crippen LogP) is 1.13. The number of nitrogens with one attached hydrogen (secondary N) is 2. The molecule has 1 fully saturated rings. The molecule has 0 radical (unpaired) electrons. The lowest BCUT2D eigenvalue weighted by Crippen LogP contribution is -2.41. The Labute approximate surface area is 119 Å². The molecule has 5 heteroatoms. The summed E-state index contributed by atoms with van der Waals surface area (Å²) >= 11 is 0. The number of rotatable bonds is 6. The minimum absolute atomic E-state index is 0.00479. The maximum absolute atomic E-state index is 12.8. The molecule has 1 atom stereocenters. The van der Waals surface area contributed by atoms with E-state index in [2.05, 4.69) is 10.6 Å². The third-order valence-corrected chi connectivity index (χ3v) is 3.51. The van der Waals surface area contributed by atoms with Crippen LogP contribution in [0.3, 0.4) is 0 Å². The molecule has 1 aliphatic heterocycles. The highest BCUT2D eigenvalue weighted by Crippen LogP contribution is 2.06. The van der Waals surface area contributed by atoms with Crippen molar-refractivity contribution in [1.29, 1.82) is 0 Å². The molecular formula is C15H22FN3O. The van der Waals surface area contributed by atoms with E-state index in [4.69, 9.17) is 0 Å². The monoisotopic (exact) mass is 279 g/mol. The molecule has 2 N–H and O–H groups in total. The molecule has 1 aliphatic rings. The van der Waals surface area contributed by atoms with Crippen molar-refractivity contribution in [2.75, 3.05) is 26.7 Å². The average molecular weight is 279 g/mol. The van der Waals surface area contributed by atoms with Crippen molar-refractivity contribution in [2.45, 2.75) is 25.4 Å². The molecule has 20 heavy (non-hydrogen) atoms. The Morgan fingerprint density at radius 2 is 2.20 bits per heavy atom. The summed E-state index contributed by atoms with van der Waals surface area (Å²) in [5, 5.41) is 6.27. The molecule has 110 valence electrons. The molecule has 1 amide bonds. The quantitative estimate of drug-likeness (QED) is 0.820. The number of hydrogen-bond acceptors (Lipinski definition) is 3. The highest BCUT2D eigenvalue weighted by molar-refractivity contribution is 5.77. The average Bonchev–Trinajstić information content (AvgIpc) is 2.90. The topological polar surface area (TPSA) is 44.4 Å². The number of benzene rings is 1. The maximum Gasteiger partial charge on any atom is 0.234 e. The summed E-state index contributed by atoms with van der Waals surface area (Å²) in [5.74, 6) is -0.265. The number of amides is 1. The van der Waals surface area contributed by atoms with Crippen molar-refractivity contribution in [1.82, 2.24) is 15.5 Å². The lowest BCUT2D eigenvalue weighted by Gasteiger charge is -2.20. The van der Waals surface area contributed by atoms with E-state index in [-0.39, 0.29) is 11.7 Å². The van der Waals surface area contributed by atoms with Crippen LogP contribution in [0, 0.1) is 5.82 Å². The number of carbonyl (C=O) groups excluding carboxylic acids is 1. The van der Waals surface area contributed by atoms with Gasteiger partial charge in [-0.2, -0.15) is 0 Å². The highest BCUT2D eigenvalue weighted by atomic mass is 19.1. The molecule has 0 spiro atoms. The van der Waals surface area contributed by atoms with Gasteiger partial charge in [-0.05, 0) is 44.1 Å². The van der Waals surface area contributed by atoms with Crippen LogP contribution in [0.5, 0.6) is 0 Å². The smallest absolute Gasteiger partial charge is 0.234 e. The first kappa shape index (κ1) is 14.9. The lowest BCUT2D eigenvalue weighted by molar-refractivity contribution is -0.122. The van der Waals surface area contributed by atoms with Gasteiger partial charge in [-0.25, -0.2) is 4.39 Å². The molecule has 0 bridgehead atoms. The number of nitrogens with zero attached hydrogens (tertiary/aromatic N) is 1. The summed E-state index contributed by atoms with van der Waals surface area (Å²) in [5.41, 5.74) is 0.903.